The van der Waals surface area contributed by atoms with E-state index in [9.17, 15) is 4.79 Å². The molecule has 1 aliphatic carbocycles. The van der Waals surface area contributed by atoms with Crippen molar-refractivity contribution in [2.45, 2.75) is 57.9 Å². The Morgan fingerprint density at radius 2 is 1.92 bits per heavy atom. The van der Waals surface area contributed by atoms with Crippen LogP contribution in [0.15, 0.2) is 36.5 Å². The van der Waals surface area contributed by atoms with Gasteiger partial charge in [0.15, 0.2) is 0 Å². The van der Waals surface area contributed by atoms with Crippen molar-refractivity contribution in [2.24, 2.45) is 5.92 Å². The van der Waals surface area contributed by atoms with Crippen LogP contribution in [0.25, 0.3) is 11.4 Å². The van der Waals surface area contributed by atoms with Gasteiger partial charge in [-0.05, 0) is 25.7 Å². The maximum atomic E-state index is 12.7. The summed E-state index contributed by atoms with van der Waals surface area (Å²) in [7, 11) is 0. The Labute approximate surface area is 156 Å². The van der Waals surface area contributed by atoms with E-state index in [1.54, 1.807) is 0 Å². The number of amides is 1. The van der Waals surface area contributed by atoms with Gasteiger partial charge < -0.3 is 9.47 Å². The van der Waals surface area contributed by atoms with Crippen LogP contribution in [0.2, 0.25) is 0 Å². The van der Waals surface area contributed by atoms with Crippen molar-refractivity contribution in [2.75, 3.05) is 13.1 Å². The Kier molecular flexibility index (Phi) is 5.09. The summed E-state index contributed by atoms with van der Waals surface area (Å²) < 4.78 is 2.33. The molecule has 2 aromatic rings. The highest BCUT2D eigenvalue weighted by Crippen LogP contribution is 2.31. The first-order valence-electron chi connectivity index (χ1n) is 10.1. The average molecular weight is 351 g/mol. The maximum absolute atomic E-state index is 12.7. The minimum Gasteiger partial charge on any atom is -0.341 e. The first-order valence-corrected chi connectivity index (χ1v) is 10.1. The van der Waals surface area contributed by atoms with Crippen LogP contribution in [-0.2, 0) is 4.79 Å². The van der Waals surface area contributed by atoms with E-state index >= 15 is 0 Å². The number of carbonyl (C=O) groups is 1. The number of nitrogens with zero attached hydrogens (tertiary/aromatic N) is 3. The number of carbonyl (C=O) groups excluding carboxylic acids is 1. The minimum atomic E-state index is 0.336. The highest BCUT2D eigenvalue weighted by molar-refractivity contribution is 5.76. The van der Waals surface area contributed by atoms with Crippen LogP contribution in [0.1, 0.15) is 56.7 Å². The smallest absolute Gasteiger partial charge is 0.222 e. The highest BCUT2D eigenvalue weighted by atomic mass is 16.2. The van der Waals surface area contributed by atoms with Crippen LogP contribution in [0, 0.1) is 12.8 Å². The number of rotatable bonds is 5. The van der Waals surface area contributed by atoms with E-state index in [4.69, 9.17) is 0 Å². The van der Waals surface area contributed by atoms with Crippen LogP contribution in [-0.4, -0.2) is 33.4 Å². The predicted molar refractivity (Wildman–Crippen MR) is 104 cm³/mol. The molecule has 4 nitrogen and oxygen atoms in total. The molecule has 2 aliphatic rings. The molecule has 1 unspecified atom stereocenters. The maximum Gasteiger partial charge on any atom is 0.222 e. The van der Waals surface area contributed by atoms with Crippen LogP contribution in [0.5, 0.6) is 0 Å². The van der Waals surface area contributed by atoms with Gasteiger partial charge in [0.25, 0.3) is 0 Å². The second-order valence-electron chi connectivity index (χ2n) is 7.93. The second-order valence-corrected chi connectivity index (χ2v) is 7.93. The number of hydrogen-bond acceptors (Lipinski definition) is 2. The Morgan fingerprint density at radius 3 is 2.69 bits per heavy atom. The molecule has 1 aromatic heterocycles. The van der Waals surface area contributed by atoms with E-state index in [1.165, 1.54) is 31.4 Å². The summed E-state index contributed by atoms with van der Waals surface area (Å²) in [6.07, 6.45) is 10.1. The van der Waals surface area contributed by atoms with Gasteiger partial charge in [0, 0.05) is 37.0 Å². The number of benzene rings is 1. The Balaban J connectivity index is 1.42. The molecule has 1 aromatic carbocycles. The molecule has 0 bridgehead atoms. The van der Waals surface area contributed by atoms with Gasteiger partial charge in [-0.25, -0.2) is 4.98 Å². The molecule has 1 amide bonds. The lowest BCUT2D eigenvalue weighted by molar-refractivity contribution is -0.130. The molecular formula is C22H29N3O. The standard InChI is InChI=1S/C22H29N3O/c1-17-15-23-22(19-9-3-2-4-10-19)25(17)20-13-14-24(16-20)21(26)12-11-18-7-5-6-8-18/h2-4,9-10,15,18,20H,5-8,11-14,16H2,1H3. The fourth-order valence-corrected chi connectivity index (χ4v) is 4.67. The molecule has 4 rings (SSSR count). The molecule has 0 N–H and O–H groups in total. The fraction of sp³-hybridized carbons (Fsp3) is 0.545. The van der Waals surface area contributed by atoms with Crippen molar-refractivity contribution in [1.82, 2.24) is 14.5 Å². The molecule has 0 spiro atoms. The lowest BCUT2D eigenvalue weighted by Gasteiger charge is -2.20. The summed E-state index contributed by atoms with van der Waals surface area (Å²) >= 11 is 0. The van der Waals surface area contributed by atoms with Crippen molar-refractivity contribution < 1.29 is 4.79 Å². The topological polar surface area (TPSA) is 38.1 Å². The van der Waals surface area contributed by atoms with Crippen molar-refractivity contribution >= 4 is 5.91 Å². The largest absolute Gasteiger partial charge is 0.341 e. The molecule has 1 saturated carbocycles. The molecule has 138 valence electrons. The van der Waals surface area contributed by atoms with Crippen LogP contribution in [0.3, 0.4) is 0 Å². The zero-order chi connectivity index (χ0) is 17.9. The van der Waals surface area contributed by atoms with E-state index in [2.05, 4.69) is 45.6 Å². The van der Waals surface area contributed by atoms with E-state index in [0.29, 0.717) is 11.9 Å². The second kappa shape index (κ2) is 7.65. The summed E-state index contributed by atoms with van der Waals surface area (Å²) in [4.78, 5) is 19.4. The van der Waals surface area contributed by atoms with Crippen molar-refractivity contribution in [3.05, 3.63) is 42.2 Å². The van der Waals surface area contributed by atoms with E-state index in [0.717, 1.165) is 49.7 Å². The van der Waals surface area contributed by atoms with Crippen molar-refractivity contribution in [3.63, 3.8) is 0 Å². The Bertz CT molecular complexity index is 746. The summed E-state index contributed by atoms with van der Waals surface area (Å²) in [6, 6.07) is 10.7. The predicted octanol–water partition coefficient (Wildman–Crippen LogP) is 4.60. The first kappa shape index (κ1) is 17.3. The van der Waals surface area contributed by atoms with Gasteiger partial charge in [0.05, 0.1) is 6.04 Å². The molecule has 4 heteroatoms. The lowest BCUT2D eigenvalue weighted by Crippen LogP contribution is -2.29. The van der Waals surface area contributed by atoms with Gasteiger partial charge in [-0.15, -0.1) is 0 Å². The summed E-state index contributed by atoms with van der Waals surface area (Å²) in [6.45, 7) is 3.81. The highest BCUT2D eigenvalue weighted by Gasteiger charge is 2.30. The molecule has 0 radical (unpaired) electrons. The van der Waals surface area contributed by atoms with E-state index in [-0.39, 0.29) is 0 Å². The van der Waals surface area contributed by atoms with Gasteiger partial charge in [0.2, 0.25) is 5.91 Å². The Hall–Kier alpha value is -2.10. The molecule has 26 heavy (non-hydrogen) atoms. The van der Waals surface area contributed by atoms with Gasteiger partial charge in [0.1, 0.15) is 5.82 Å². The number of likely N-dealkylation sites (tertiary alicyclic amines) is 1. The first-order chi connectivity index (χ1) is 12.7. The lowest BCUT2D eigenvalue weighted by atomic mass is 10.0. The number of aromatic nitrogens is 2. The fourth-order valence-electron chi connectivity index (χ4n) is 4.67. The van der Waals surface area contributed by atoms with Crippen molar-refractivity contribution in [1.29, 1.82) is 0 Å². The zero-order valence-electron chi connectivity index (χ0n) is 15.7. The molecule has 1 aliphatic heterocycles. The van der Waals surface area contributed by atoms with Crippen LogP contribution in [0.4, 0.5) is 0 Å². The van der Waals surface area contributed by atoms with Gasteiger partial charge in [-0.3, -0.25) is 4.79 Å². The molecule has 1 saturated heterocycles. The minimum absolute atomic E-state index is 0.336. The third-order valence-corrected chi connectivity index (χ3v) is 6.14. The number of imidazole rings is 1. The van der Waals surface area contributed by atoms with Crippen molar-refractivity contribution in [3.8, 4) is 11.4 Å². The summed E-state index contributed by atoms with van der Waals surface area (Å²) in [5.41, 5.74) is 2.32. The number of hydrogen-bond donors (Lipinski definition) is 0. The molecule has 2 heterocycles. The zero-order valence-corrected chi connectivity index (χ0v) is 15.7. The molecule has 2 fully saturated rings. The van der Waals surface area contributed by atoms with Gasteiger partial charge in [-0.2, -0.15) is 0 Å². The van der Waals surface area contributed by atoms with Crippen LogP contribution >= 0.6 is 0 Å². The normalized spacial score (nSPS) is 20.8. The van der Waals surface area contributed by atoms with Crippen LogP contribution < -0.4 is 0 Å². The third-order valence-electron chi connectivity index (χ3n) is 6.14. The van der Waals surface area contributed by atoms with E-state index < -0.39 is 0 Å². The van der Waals surface area contributed by atoms with Gasteiger partial charge >= 0.3 is 0 Å². The average Bonchev–Trinajstić information content (AvgIpc) is 3.41. The third kappa shape index (κ3) is 3.55. The molecule has 1 atom stereocenters. The van der Waals surface area contributed by atoms with E-state index in [1.807, 2.05) is 12.3 Å². The summed E-state index contributed by atoms with van der Waals surface area (Å²) in [5, 5.41) is 0. The quantitative estimate of drug-likeness (QED) is 0.789. The number of aryl methyl sites for hydroxylation is 1. The monoisotopic (exact) mass is 351 g/mol. The SMILES string of the molecule is Cc1cnc(-c2ccccc2)n1C1CCN(C(=O)CCC2CCCC2)C1. The summed E-state index contributed by atoms with van der Waals surface area (Å²) in [5.74, 6) is 2.16. The molecular weight excluding hydrogens is 322 g/mol. The van der Waals surface area contributed by atoms with Gasteiger partial charge in [-0.1, -0.05) is 56.0 Å². The Morgan fingerprint density at radius 1 is 1.15 bits per heavy atom.